The second-order valence-corrected chi connectivity index (χ2v) is 5.41. The first kappa shape index (κ1) is 14.4. The van der Waals surface area contributed by atoms with Crippen molar-refractivity contribution in [1.82, 2.24) is 15.3 Å². The first-order valence-electron chi connectivity index (χ1n) is 5.91. The minimum Gasteiger partial charge on any atom is -0.350 e. The van der Waals surface area contributed by atoms with Gasteiger partial charge in [0.25, 0.3) is 5.91 Å². The molecule has 6 nitrogen and oxygen atoms in total. The minimum atomic E-state index is -0.220. The highest BCUT2D eigenvalue weighted by molar-refractivity contribution is 5.91. The van der Waals surface area contributed by atoms with Crippen molar-refractivity contribution in [3.8, 4) is 0 Å². The molecule has 0 aliphatic carbocycles. The molecule has 0 fully saturated rings. The van der Waals surface area contributed by atoms with Gasteiger partial charge >= 0.3 is 0 Å². The Labute approximate surface area is 107 Å². The zero-order valence-electron chi connectivity index (χ0n) is 11.3. The predicted octanol–water partition coefficient (Wildman–Crippen LogP) is 1.17. The van der Waals surface area contributed by atoms with Crippen molar-refractivity contribution in [1.29, 1.82) is 0 Å². The van der Waals surface area contributed by atoms with Gasteiger partial charge in [-0.2, -0.15) is 0 Å². The Morgan fingerprint density at radius 2 is 2.06 bits per heavy atom. The topological polar surface area (TPSA) is 92.9 Å². The van der Waals surface area contributed by atoms with E-state index in [2.05, 4.69) is 48.4 Å². The molecule has 0 saturated carbocycles. The van der Waals surface area contributed by atoms with E-state index in [0.29, 0.717) is 18.3 Å². The molecule has 1 unspecified atom stereocenters. The molecular formula is C12H21N5O. The van der Waals surface area contributed by atoms with Crippen LogP contribution in [0, 0.1) is 11.3 Å². The molecule has 0 aromatic carbocycles. The molecule has 4 N–H and O–H groups in total. The Morgan fingerprint density at radius 1 is 1.39 bits per heavy atom. The van der Waals surface area contributed by atoms with E-state index >= 15 is 0 Å². The summed E-state index contributed by atoms with van der Waals surface area (Å²) < 4.78 is 0. The SMILES string of the molecule is CC(CNC(=O)c1cnc(NN)cn1)C(C)(C)C. The molecule has 100 valence electrons. The number of rotatable bonds is 4. The van der Waals surface area contributed by atoms with Crippen LogP contribution in [-0.4, -0.2) is 22.4 Å². The zero-order valence-corrected chi connectivity index (χ0v) is 11.3. The molecule has 18 heavy (non-hydrogen) atoms. The minimum absolute atomic E-state index is 0.159. The number of nitrogens with zero attached hydrogens (tertiary/aromatic N) is 2. The van der Waals surface area contributed by atoms with Gasteiger partial charge in [0, 0.05) is 6.54 Å². The summed E-state index contributed by atoms with van der Waals surface area (Å²) in [6, 6.07) is 0. The van der Waals surface area contributed by atoms with Crippen molar-refractivity contribution in [3.63, 3.8) is 0 Å². The van der Waals surface area contributed by atoms with Gasteiger partial charge in [-0.3, -0.25) is 4.79 Å². The lowest BCUT2D eigenvalue weighted by Gasteiger charge is -2.27. The number of carbonyl (C=O) groups excluding carboxylic acids is 1. The number of carbonyl (C=O) groups is 1. The number of nitrogens with one attached hydrogen (secondary N) is 2. The molecule has 0 radical (unpaired) electrons. The van der Waals surface area contributed by atoms with Gasteiger partial charge in [-0.05, 0) is 11.3 Å². The summed E-state index contributed by atoms with van der Waals surface area (Å²) in [5, 5.41) is 2.85. The van der Waals surface area contributed by atoms with E-state index in [1.54, 1.807) is 0 Å². The molecule has 1 rings (SSSR count). The summed E-state index contributed by atoms with van der Waals surface area (Å²) in [4.78, 5) is 19.7. The highest BCUT2D eigenvalue weighted by atomic mass is 16.1. The number of anilines is 1. The van der Waals surface area contributed by atoms with Crippen LogP contribution in [0.1, 0.15) is 38.2 Å². The van der Waals surface area contributed by atoms with E-state index in [1.807, 2.05) is 0 Å². The summed E-state index contributed by atoms with van der Waals surface area (Å²) in [5.41, 5.74) is 2.80. The van der Waals surface area contributed by atoms with Gasteiger partial charge in [-0.15, -0.1) is 0 Å². The standard InChI is InChI=1S/C12H21N5O/c1-8(12(2,3)4)5-16-11(18)9-6-15-10(17-13)7-14-9/h6-8H,5,13H2,1-4H3,(H,15,17)(H,16,18). The maximum absolute atomic E-state index is 11.8. The average Bonchev–Trinajstić information content (AvgIpc) is 2.34. The third-order valence-corrected chi connectivity index (χ3v) is 3.08. The third kappa shape index (κ3) is 3.96. The Kier molecular flexibility index (Phi) is 4.61. The monoisotopic (exact) mass is 251 g/mol. The summed E-state index contributed by atoms with van der Waals surface area (Å²) in [5.74, 6) is 5.75. The maximum atomic E-state index is 11.8. The van der Waals surface area contributed by atoms with Crippen molar-refractivity contribution in [3.05, 3.63) is 18.1 Å². The van der Waals surface area contributed by atoms with E-state index in [-0.39, 0.29) is 17.0 Å². The number of hydrazine groups is 1. The van der Waals surface area contributed by atoms with E-state index in [4.69, 9.17) is 5.84 Å². The van der Waals surface area contributed by atoms with Gasteiger partial charge in [0.1, 0.15) is 5.69 Å². The molecule has 0 bridgehead atoms. The quantitative estimate of drug-likeness (QED) is 0.552. The van der Waals surface area contributed by atoms with Crippen molar-refractivity contribution in [2.24, 2.45) is 17.2 Å². The van der Waals surface area contributed by atoms with E-state index in [0.717, 1.165) is 0 Å². The van der Waals surface area contributed by atoms with Gasteiger partial charge in [0.2, 0.25) is 0 Å². The summed E-state index contributed by atoms with van der Waals surface area (Å²) in [6.45, 7) is 9.15. The smallest absolute Gasteiger partial charge is 0.271 e. The predicted molar refractivity (Wildman–Crippen MR) is 70.8 cm³/mol. The van der Waals surface area contributed by atoms with Gasteiger partial charge in [-0.25, -0.2) is 15.8 Å². The largest absolute Gasteiger partial charge is 0.350 e. The van der Waals surface area contributed by atoms with E-state index in [1.165, 1.54) is 12.4 Å². The van der Waals surface area contributed by atoms with Crippen LogP contribution in [0.5, 0.6) is 0 Å². The fourth-order valence-corrected chi connectivity index (χ4v) is 1.16. The molecule has 0 spiro atoms. The van der Waals surface area contributed by atoms with Crippen LogP contribution in [-0.2, 0) is 0 Å². The lowest BCUT2D eigenvalue weighted by Crippen LogP contribution is -2.34. The second-order valence-electron chi connectivity index (χ2n) is 5.41. The molecule has 0 aliphatic heterocycles. The highest BCUT2D eigenvalue weighted by Crippen LogP contribution is 2.24. The molecule has 1 heterocycles. The average molecular weight is 251 g/mol. The third-order valence-electron chi connectivity index (χ3n) is 3.08. The van der Waals surface area contributed by atoms with Gasteiger partial charge < -0.3 is 10.7 Å². The lowest BCUT2D eigenvalue weighted by molar-refractivity contribution is 0.0931. The van der Waals surface area contributed by atoms with Crippen LogP contribution in [0.3, 0.4) is 0 Å². The molecule has 1 aromatic rings. The number of hydrogen-bond acceptors (Lipinski definition) is 5. The zero-order chi connectivity index (χ0) is 13.8. The summed E-state index contributed by atoms with van der Waals surface area (Å²) in [6.07, 6.45) is 2.81. The number of hydrogen-bond donors (Lipinski definition) is 3. The molecule has 0 aliphatic rings. The van der Waals surface area contributed by atoms with E-state index in [9.17, 15) is 4.79 Å². The molecule has 1 aromatic heterocycles. The Hall–Kier alpha value is -1.69. The normalized spacial score (nSPS) is 12.9. The van der Waals surface area contributed by atoms with Gasteiger partial charge in [-0.1, -0.05) is 27.7 Å². The van der Waals surface area contributed by atoms with Crippen molar-refractivity contribution >= 4 is 11.7 Å². The van der Waals surface area contributed by atoms with Crippen molar-refractivity contribution in [2.75, 3.05) is 12.0 Å². The number of amides is 1. The van der Waals surface area contributed by atoms with Crippen molar-refractivity contribution in [2.45, 2.75) is 27.7 Å². The van der Waals surface area contributed by atoms with Gasteiger partial charge in [0.15, 0.2) is 5.82 Å². The van der Waals surface area contributed by atoms with Crippen molar-refractivity contribution < 1.29 is 4.79 Å². The lowest BCUT2D eigenvalue weighted by atomic mass is 9.82. The van der Waals surface area contributed by atoms with Crippen LogP contribution in [0.4, 0.5) is 5.82 Å². The van der Waals surface area contributed by atoms with Crippen LogP contribution >= 0.6 is 0 Å². The Bertz CT molecular complexity index is 396. The summed E-state index contributed by atoms with van der Waals surface area (Å²) in [7, 11) is 0. The molecule has 6 heteroatoms. The first-order valence-corrected chi connectivity index (χ1v) is 5.91. The molecule has 0 saturated heterocycles. The number of nitrogens with two attached hydrogens (primary N) is 1. The molecule has 1 atom stereocenters. The highest BCUT2D eigenvalue weighted by Gasteiger charge is 2.20. The summed E-state index contributed by atoms with van der Waals surface area (Å²) >= 11 is 0. The first-order chi connectivity index (χ1) is 8.34. The van der Waals surface area contributed by atoms with Crippen LogP contribution in [0.15, 0.2) is 12.4 Å². The van der Waals surface area contributed by atoms with Crippen LogP contribution in [0.2, 0.25) is 0 Å². The number of aromatic nitrogens is 2. The maximum Gasteiger partial charge on any atom is 0.271 e. The molecule has 1 amide bonds. The Balaban J connectivity index is 2.55. The number of nitrogen functional groups attached to an aromatic ring is 1. The Morgan fingerprint density at radius 3 is 2.50 bits per heavy atom. The fraction of sp³-hybridized carbons (Fsp3) is 0.583. The van der Waals surface area contributed by atoms with Crippen LogP contribution in [0.25, 0.3) is 0 Å². The molecular weight excluding hydrogens is 230 g/mol. The fourth-order valence-electron chi connectivity index (χ4n) is 1.16. The van der Waals surface area contributed by atoms with Crippen LogP contribution < -0.4 is 16.6 Å². The van der Waals surface area contributed by atoms with E-state index < -0.39 is 0 Å². The van der Waals surface area contributed by atoms with Gasteiger partial charge in [0.05, 0.1) is 12.4 Å². The second kappa shape index (κ2) is 5.77.